The second kappa shape index (κ2) is 8.88. The Hall–Kier alpha value is -2.19. The zero-order valence-corrected chi connectivity index (χ0v) is 11.6. The molecular weight excluding hydrogens is 282 g/mol. The fourth-order valence-corrected chi connectivity index (χ4v) is 1.56. The molecule has 0 atom stereocenters. The zero-order chi connectivity index (χ0) is 15.7. The van der Waals surface area contributed by atoms with Gasteiger partial charge in [-0.2, -0.15) is 0 Å². The van der Waals surface area contributed by atoms with E-state index in [4.69, 9.17) is 19.3 Å². The van der Waals surface area contributed by atoms with Gasteiger partial charge >= 0.3 is 5.97 Å². The highest BCUT2D eigenvalue weighted by Crippen LogP contribution is 2.24. The summed E-state index contributed by atoms with van der Waals surface area (Å²) in [6.45, 7) is 1.72. The lowest BCUT2D eigenvalue weighted by Gasteiger charge is -2.08. The van der Waals surface area contributed by atoms with Crippen LogP contribution in [0.4, 0.5) is 5.69 Å². The molecule has 21 heavy (non-hydrogen) atoms. The smallest absolute Gasteiger partial charge is 0.342 e. The molecule has 0 spiro atoms. The van der Waals surface area contributed by atoms with Crippen LogP contribution in [-0.2, 0) is 9.47 Å². The number of benzene rings is 1. The number of nitro groups is 1. The van der Waals surface area contributed by atoms with Gasteiger partial charge in [0.15, 0.2) is 0 Å². The average Bonchev–Trinajstić information content (AvgIpc) is 2.46. The number of carbonyl (C=O) groups is 1. The van der Waals surface area contributed by atoms with Gasteiger partial charge in [-0.25, -0.2) is 4.79 Å². The van der Waals surface area contributed by atoms with E-state index in [9.17, 15) is 14.9 Å². The maximum absolute atomic E-state index is 11.0. The maximum Gasteiger partial charge on any atom is 0.342 e. The molecule has 1 aromatic carbocycles. The summed E-state index contributed by atoms with van der Waals surface area (Å²) < 4.78 is 15.4. The van der Waals surface area contributed by atoms with Gasteiger partial charge in [-0.05, 0) is 12.5 Å². The Balaban J connectivity index is 2.47. The van der Waals surface area contributed by atoms with Crippen LogP contribution in [0.1, 0.15) is 16.8 Å². The van der Waals surface area contributed by atoms with Crippen LogP contribution in [0.2, 0.25) is 0 Å². The van der Waals surface area contributed by atoms with Crippen LogP contribution in [0.25, 0.3) is 0 Å². The summed E-state index contributed by atoms with van der Waals surface area (Å²) in [5.74, 6) is -1.12. The largest absolute Gasteiger partial charge is 0.491 e. The van der Waals surface area contributed by atoms with E-state index in [1.54, 1.807) is 7.11 Å². The van der Waals surface area contributed by atoms with Gasteiger partial charge in [0, 0.05) is 32.5 Å². The molecule has 0 unspecified atom stereocenters. The molecule has 0 aliphatic rings. The monoisotopic (exact) mass is 299 g/mol. The van der Waals surface area contributed by atoms with Crippen LogP contribution in [0.5, 0.6) is 5.75 Å². The number of hydrogen-bond acceptors (Lipinski definition) is 6. The van der Waals surface area contributed by atoms with Crippen molar-refractivity contribution in [2.75, 3.05) is 33.5 Å². The van der Waals surface area contributed by atoms with E-state index in [2.05, 4.69) is 0 Å². The molecule has 0 saturated carbocycles. The molecule has 8 nitrogen and oxygen atoms in total. The van der Waals surface area contributed by atoms with Gasteiger partial charge in [-0.15, -0.1) is 0 Å². The molecule has 0 saturated heterocycles. The number of methoxy groups -OCH3 is 1. The van der Waals surface area contributed by atoms with E-state index in [1.807, 2.05) is 0 Å². The van der Waals surface area contributed by atoms with Gasteiger partial charge in [0.25, 0.3) is 5.69 Å². The Bertz CT molecular complexity index is 489. The van der Waals surface area contributed by atoms with Crippen molar-refractivity contribution < 1.29 is 29.0 Å². The first kappa shape index (κ1) is 16.9. The molecule has 0 aliphatic heterocycles. The van der Waals surface area contributed by atoms with Crippen LogP contribution < -0.4 is 4.74 Å². The Morgan fingerprint density at radius 2 is 2.05 bits per heavy atom. The van der Waals surface area contributed by atoms with Crippen LogP contribution in [0, 0.1) is 10.1 Å². The van der Waals surface area contributed by atoms with Gasteiger partial charge in [-0.3, -0.25) is 10.1 Å². The van der Waals surface area contributed by atoms with E-state index in [0.29, 0.717) is 19.8 Å². The second-order valence-corrected chi connectivity index (χ2v) is 4.05. The fraction of sp³-hybridized carbons (Fsp3) is 0.462. The molecule has 1 N–H and O–H groups in total. The molecule has 0 amide bonds. The summed E-state index contributed by atoms with van der Waals surface area (Å²) in [5, 5.41) is 19.6. The third kappa shape index (κ3) is 5.76. The molecule has 1 aromatic rings. The van der Waals surface area contributed by atoms with E-state index in [0.717, 1.165) is 18.6 Å². The molecule has 0 radical (unpaired) electrons. The second-order valence-electron chi connectivity index (χ2n) is 4.05. The number of nitrogens with zero attached hydrogens (tertiary/aromatic N) is 1. The van der Waals surface area contributed by atoms with Gasteiger partial charge in [0.2, 0.25) is 0 Å². The number of aromatic carboxylic acids is 1. The summed E-state index contributed by atoms with van der Waals surface area (Å²) in [7, 11) is 1.61. The minimum atomic E-state index is -1.37. The van der Waals surface area contributed by atoms with E-state index in [1.165, 1.54) is 6.07 Å². The first-order valence-corrected chi connectivity index (χ1v) is 6.27. The fourth-order valence-electron chi connectivity index (χ4n) is 1.56. The van der Waals surface area contributed by atoms with Crippen LogP contribution in [0.3, 0.4) is 0 Å². The predicted molar refractivity (Wildman–Crippen MR) is 72.9 cm³/mol. The Kier molecular flexibility index (Phi) is 7.13. The summed E-state index contributed by atoms with van der Waals surface area (Å²) >= 11 is 0. The third-order valence-electron chi connectivity index (χ3n) is 2.53. The number of nitro benzene ring substituents is 1. The minimum Gasteiger partial charge on any atom is -0.491 e. The Morgan fingerprint density at radius 3 is 2.67 bits per heavy atom. The quantitative estimate of drug-likeness (QED) is 0.398. The normalized spacial score (nSPS) is 10.3. The van der Waals surface area contributed by atoms with Crippen molar-refractivity contribution in [3.05, 3.63) is 33.9 Å². The summed E-state index contributed by atoms with van der Waals surface area (Å²) in [6, 6.07) is 3.60. The van der Waals surface area contributed by atoms with E-state index in [-0.39, 0.29) is 12.4 Å². The van der Waals surface area contributed by atoms with Crippen molar-refractivity contribution in [1.82, 2.24) is 0 Å². The molecule has 0 fully saturated rings. The van der Waals surface area contributed by atoms with Gasteiger partial charge in [0.1, 0.15) is 17.9 Å². The standard InChI is InChI=1S/C13H17NO7/c1-19-5-2-6-20-7-8-21-10-3-4-12(14(17)18)11(9-10)13(15)16/h3-4,9H,2,5-8H2,1H3,(H,15,16). The van der Waals surface area contributed by atoms with Crippen LogP contribution >= 0.6 is 0 Å². The lowest BCUT2D eigenvalue weighted by atomic mass is 10.1. The highest BCUT2D eigenvalue weighted by Gasteiger charge is 2.20. The average molecular weight is 299 g/mol. The minimum absolute atomic E-state index is 0.226. The topological polar surface area (TPSA) is 108 Å². The van der Waals surface area contributed by atoms with Crippen LogP contribution in [0.15, 0.2) is 18.2 Å². The number of hydrogen-bond donors (Lipinski definition) is 1. The number of ether oxygens (including phenoxy) is 3. The third-order valence-corrected chi connectivity index (χ3v) is 2.53. The van der Waals surface area contributed by atoms with Crippen molar-refractivity contribution in [3.8, 4) is 5.75 Å². The molecule has 0 aliphatic carbocycles. The van der Waals surface area contributed by atoms with Crippen molar-refractivity contribution in [1.29, 1.82) is 0 Å². The van der Waals surface area contributed by atoms with Gasteiger partial charge < -0.3 is 19.3 Å². The molecule has 0 heterocycles. The maximum atomic E-state index is 11.0. The molecule has 0 bridgehead atoms. The SMILES string of the molecule is COCCCOCCOc1ccc([N+](=O)[O-])c(C(=O)O)c1. The molecule has 116 valence electrons. The Labute approximate surface area is 121 Å². The van der Waals surface area contributed by atoms with Gasteiger partial charge in [0.05, 0.1) is 11.5 Å². The number of carboxylic acid groups (broad SMARTS) is 1. The summed E-state index contributed by atoms with van der Waals surface area (Å²) in [6.07, 6.45) is 0.775. The van der Waals surface area contributed by atoms with Gasteiger partial charge in [-0.1, -0.05) is 0 Å². The van der Waals surface area contributed by atoms with Crippen molar-refractivity contribution in [2.45, 2.75) is 6.42 Å². The van der Waals surface area contributed by atoms with Crippen molar-refractivity contribution in [3.63, 3.8) is 0 Å². The first-order chi connectivity index (χ1) is 10.1. The molecule has 1 rings (SSSR count). The van der Waals surface area contributed by atoms with Crippen molar-refractivity contribution in [2.24, 2.45) is 0 Å². The highest BCUT2D eigenvalue weighted by molar-refractivity contribution is 5.92. The lowest BCUT2D eigenvalue weighted by Crippen LogP contribution is -2.09. The summed E-state index contributed by atoms with van der Waals surface area (Å²) in [5.41, 5.74) is -0.871. The predicted octanol–water partition coefficient (Wildman–Crippen LogP) is 1.72. The lowest BCUT2D eigenvalue weighted by molar-refractivity contribution is -0.385. The molecule has 0 aromatic heterocycles. The number of rotatable bonds is 10. The zero-order valence-electron chi connectivity index (χ0n) is 11.6. The molecule has 8 heteroatoms. The van der Waals surface area contributed by atoms with E-state index >= 15 is 0 Å². The van der Waals surface area contributed by atoms with Crippen molar-refractivity contribution >= 4 is 11.7 Å². The Morgan fingerprint density at radius 1 is 1.29 bits per heavy atom. The van der Waals surface area contributed by atoms with Crippen LogP contribution in [-0.4, -0.2) is 49.5 Å². The summed E-state index contributed by atoms with van der Waals surface area (Å²) in [4.78, 5) is 20.9. The number of carboxylic acids is 1. The highest BCUT2D eigenvalue weighted by atomic mass is 16.6. The first-order valence-electron chi connectivity index (χ1n) is 6.27. The molecular formula is C13H17NO7. The van der Waals surface area contributed by atoms with E-state index < -0.39 is 22.1 Å².